The molecule has 1 saturated heterocycles. The van der Waals surface area contributed by atoms with Crippen LogP contribution in [0, 0.1) is 0 Å². The van der Waals surface area contributed by atoms with E-state index in [1.165, 1.54) is 23.0 Å². The summed E-state index contributed by atoms with van der Waals surface area (Å²) in [6.45, 7) is 1.31. The van der Waals surface area contributed by atoms with Gasteiger partial charge in [0.25, 0.3) is 5.56 Å². The number of hydrogen-bond acceptors (Lipinski definition) is 6. The zero-order chi connectivity index (χ0) is 16.9. The first-order valence-corrected chi connectivity index (χ1v) is 7.62. The first kappa shape index (κ1) is 15.9. The Balaban J connectivity index is 1.51. The van der Waals surface area contributed by atoms with E-state index in [0.29, 0.717) is 19.0 Å². The standard InChI is InChI=1S/C15H17N5O4/c21-12-2-7-19(15(23)18-12)8-3-14(22)20-6-1-11(10-20)24-13-9-16-4-5-17-13/h2,4-5,7,9,11H,1,3,6,8,10H2,(H,18,21,23)/t11-/m1/s1. The summed E-state index contributed by atoms with van der Waals surface area (Å²) in [7, 11) is 0. The summed E-state index contributed by atoms with van der Waals surface area (Å²) in [5.41, 5.74) is -0.966. The highest BCUT2D eigenvalue weighted by Crippen LogP contribution is 2.16. The number of amides is 1. The summed E-state index contributed by atoms with van der Waals surface area (Å²) in [5.74, 6) is 0.384. The Labute approximate surface area is 136 Å². The van der Waals surface area contributed by atoms with Crippen molar-refractivity contribution in [2.24, 2.45) is 0 Å². The summed E-state index contributed by atoms with van der Waals surface area (Å²) in [5, 5.41) is 0. The molecular weight excluding hydrogens is 314 g/mol. The summed E-state index contributed by atoms with van der Waals surface area (Å²) in [6.07, 6.45) is 6.84. The number of nitrogens with one attached hydrogen (secondary N) is 1. The fourth-order valence-electron chi connectivity index (χ4n) is 2.56. The average Bonchev–Trinajstić information content (AvgIpc) is 3.03. The van der Waals surface area contributed by atoms with Crippen LogP contribution in [-0.2, 0) is 11.3 Å². The molecule has 0 aromatic carbocycles. The van der Waals surface area contributed by atoms with Crippen LogP contribution in [0.3, 0.4) is 0 Å². The average molecular weight is 331 g/mol. The fraction of sp³-hybridized carbons (Fsp3) is 0.400. The SMILES string of the molecule is O=C(CCn1ccc(=O)[nH]c1=O)N1CC[C@@H](Oc2cnccn2)C1. The summed E-state index contributed by atoms with van der Waals surface area (Å²) < 4.78 is 7.00. The molecule has 1 fully saturated rings. The van der Waals surface area contributed by atoms with Crippen molar-refractivity contribution in [1.82, 2.24) is 24.4 Å². The molecule has 0 aliphatic carbocycles. The molecule has 2 aromatic rings. The monoisotopic (exact) mass is 331 g/mol. The van der Waals surface area contributed by atoms with Crippen LogP contribution < -0.4 is 16.0 Å². The number of carbonyl (C=O) groups is 1. The minimum atomic E-state index is -0.513. The molecule has 9 heteroatoms. The number of likely N-dealkylation sites (tertiary alicyclic amines) is 1. The maximum Gasteiger partial charge on any atom is 0.328 e. The number of aromatic nitrogens is 4. The first-order chi connectivity index (χ1) is 11.6. The van der Waals surface area contributed by atoms with Gasteiger partial charge in [0.15, 0.2) is 0 Å². The Hall–Kier alpha value is -2.97. The molecule has 0 radical (unpaired) electrons. The van der Waals surface area contributed by atoms with Crippen LogP contribution in [0.4, 0.5) is 0 Å². The van der Waals surface area contributed by atoms with Crippen molar-refractivity contribution >= 4 is 5.91 Å². The molecule has 1 aliphatic heterocycles. The number of rotatable bonds is 5. The molecule has 9 nitrogen and oxygen atoms in total. The Bertz CT molecular complexity index is 816. The second-order valence-corrected chi connectivity index (χ2v) is 5.47. The lowest BCUT2D eigenvalue weighted by Gasteiger charge is -2.17. The van der Waals surface area contributed by atoms with Crippen molar-refractivity contribution in [3.8, 4) is 5.88 Å². The molecule has 24 heavy (non-hydrogen) atoms. The number of carbonyl (C=O) groups excluding carboxylic acids is 1. The molecule has 2 aromatic heterocycles. The van der Waals surface area contributed by atoms with Gasteiger partial charge in [-0.15, -0.1) is 0 Å². The van der Waals surface area contributed by atoms with Gasteiger partial charge >= 0.3 is 5.69 Å². The maximum absolute atomic E-state index is 12.2. The minimum absolute atomic E-state index is 0.0571. The van der Waals surface area contributed by atoms with E-state index >= 15 is 0 Å². The van der Waals surface area contributed by atoms with E-state index in [1.807, 2.05) is 0 Å². The lowest BCUT2D eigenvalue weighted by molar-refractivity contribution is -0.130. The van der Waals surface area contributed by atoms with Gasteiger partial charge < -0.3 is 14.2 Å². The number of hydrogen-bond donors (Lipinski definition) is 1. The Kier molecular flexibility index (Phi) is 4.69. The Morgan fingerprint density at radius 3 is 3.00 bits per heavy atom. The normalized spacial score (nSPS) is 17.0. The van der Waals surface area contributed by atoms with Crippen LogP contribution in [0.1, 0.15) is 12.8 Å². The van der Waals surface area contributed by atoms with E-state index in [2.05, 4.69) is 15.0 Å². The lowest BCUT2D eigenvalue weighted by atomic mass is 10.3. The van der Waals surface area contributed by atoms with Gasteiger partial charge in [0.05, 0.1) is 12.7 Å². The van der Waals surface area contributed by atoms with Crippen LogP contribution in [0.25, 0.3) is 0 Å². The molecule has 126 valence electrons. The topological polar surface area (TPSA) is 110 Å². The van der Waals surface area contributed by atoms with Gasteiger partial charge in [0.1, 0.15) is 6.10 Å². The van der Waals surface area contributed by atoms with Crippen LogP contribution >= 0.6 is 0 Å². The number of H-pyrrole nitrogens is 1. The highest BCUT2D eigenvalue weighted by Gasteiger charge is 2.27. The summed E-state index contributed by atoms with van der Waals surface area (Å²) >= 11 is 0. The van der Waals surface area contributed by atoms with E-state index in [0.717, 1.165) is 6.42 Å². The molecule has 0 spiro atoms. The molecule has 3 rings (SSSR count). The number of ether oxygens (including phenoxy) is 1. The van der Waals surface area contributed by atoms with Crippen molar-refractivity contribution in [3.63, 3.8) is 0 Å². The molecular formula is C15H17N5O4. The molecule has 0 bridgehead atoms. The van der Waals surface area contributed by atoms with Gasteiger partial charge in [0, 0.05) is 50.6 Å². The molecule has 0 unspecified atom stereocenters. The van der Waals surface area contributed by atoms with Crippen molar-refractivity contribution in [1.29, 1.82) is 0 Å². The molecule has 1 atom stereocenters. The number of aryl methyl sites for hydroxylation is 1. The Morgan fingerprint density at radius 1 is 1.38 bits per heavy atom. The van der Waals surface area contributed by atoms with Gasteiger partial charge in [-0.25, -0.2) is 9.78 Å². The third kappa shape index (κ3) is 3.86. The van der Waals surface area contributed by atoms with Gasteiger partial charge in [-0.05, 0) is 0 Å². The predicted molar refractivity (Wildman–Crippen MR) is 83.6 cm³/mol. The summed E-state index contributed by atoms with van der Waals surface area (Å²) in [4.78, 5) is 46.7. The van der Waals surface area contributed by atoms with Gasteiger partial charge in [0.2, 0.25) is 11.8 Å². The van der Waals surface area contributed by atoms with E-state index in [-0.39, 0.29) is 25.0 Å². The van der Waals surface area contributed by atoms with E-state index in [4.69, 9.17) is 4.74 Å². The molecule has 0 saturated carbocycles. The van der Waals surface area contributed by atoms with Crippen molar-refractivity contribution in [3.05, 3.63) is 51.7 Å². The summed E-state index contributed by atoms with van der Waals surface area (Å²) in [6, 6.07) is 1.26. The zero-order valence-corrected chi connectivity index (χ0v) is 12.9. The van der Waals surface area contributed by atoms with E-state index in [1.54, 1.807) is 17.3 Å². The van der Waals surface area contributed by atoms with Crippen LogP contribution in [0.5, 0.6) is 5.88 Å². The molecule has 1 N–H and O–H groups in total. The van der Waals surface area contributed by atoms with Crippen molar-refractivity contribution in [2.45, 2.75) is 25.5 Å². The second-order valence-electron chi connectivity index (χ2n) is 5.47. The van der Waals surface area contributed by atoms with Crippen molar-refractivity contribution < 1.29 is 9.53 Å². The van der Waals surface area contributed by atoms with Gasteiger partial charge in [-0.1, -0.05) is 0 Å². The number of nitrogens with zero attached hydrogens (tertiary/aromatic N) is 4. The number of aromatic amines is 1. The van der Waals surface area contributed by atoms with E-state index < -0.39 is 11.2 Å². The quantitative estimate of drug-likeness (QED) is 0.783. The molecule has 1 aliphatic rings. The van der Waals surface area contributed by atoms with Crippen molar-refractivity contribution in [2.75, 3.05) is 13.1 Å². The van der Waals surface area contributed by atoms with Crippen LogP contribution in [-0.4, -0.2) is 49.5 Å². The third-order valence-electron chi connectivity index (χ3n) is 3.79. The molecule has 1 amide bonds. The van der Waals surface area contributed by atoms with Crippen LogP contribution in [0.2, 0.25) is 0 Å². The second kappa shape index (κ2) is 7.07. The first-order valence-electron chi connectivity index (χ1n) is 7.62. The van der Waals surface area contributed by atoms with E-state index in [9.17, 15) is 14.4 Å². The highest BCUT2D eigenvalue weighted by molar-refractivity contribution is 5.76. The lowest BCUT2D eigenvalue weighted by Crippen LogP contribution is -2.34. The zero-order valence-electron chi connectivity index (χ0n) is 12.9. The smallest absolute Gasteiger partial charge is 0.328 e. The highest BCUT2D eigenvalue weighted by atomic mass is 16.5. The van der Waals surface area contributed by atoms with Gasteiger partial charge in [-0.3, -0.25) is 19.6 Å². The minimum Gasteiger partial charge on any atom is -0.471 e. The predicted octanol–water partition coefficient (Wildman–Crippen LogP) is -0.603. The van der Waals surface area contributed by atoms with Gasteiger partial charge in [-0.2, -0.15) is 0 Å². The maximum atomic E-state index is 12.2. The third-order valence-corrected chi connectivity index (χ3v) is 3.79. The Morgan fingerprint density at radius 2 is 2.25 bits per heavy atom. The largest absolute Gasteiger partial charge is 0.471 e. The van der Waals surface area contributed by atoms with Crippen LogP contribution in [0.15, 0.2) is 40.4 Å². The molecule has 3 heterocycles. The fourth-order valence-corrected chi connectivity index (χ4v) is 2.56.